The zero-order chi connectivity index (χ0) is 19.3. The van der Waals surface area contributed by atoms with E-state index in [1.54, 1.807) is 4.90 Å². The summed E-state index contributed by atoms with van der Waals surface area (Å²) in [5, 5.41) is 9.04. The smallest absolute Gasteiger partial charge is 0.343 e. The van der Waals surface area contributed by atoms with Crippen LogP contribution in [-0.4, -0.2) is 75.6 Å². The molecule has 0 saturated carbocycles. The lowest BCUT2D eigenvalue weighted by Gasteiger charge is -2.36. The summed E-state index contributed by atoms with van der Waals surface area (Å²) < 4.78 is 1.27. The summed E-state index contributed by atoms with van der Waals surface area (Å²) in [6, 6.07) is -0.0439. The van der Waals surface area contributed by atoms with Crippen LogP contribution < -0.4 is 11.0 Å². The highest BCUT2D eigenvalue weighted by Gasteiger charge is 2.29. The Morgan fingerprint density at radius 1 is 1.38 bits per heavy atom. The first kappa shape index (κ1) is 20.2. The van der Waals surface area contributed by atoms with E-state index in [1.165, 1.54) is 10.9 Å². The first-order valence-corrected chi connectivity index (χ1v) is 9.17. The Bertz CT molecular complexity index is 659. The Hall–Kier alpha value is -2.16. The Labute approximate surface area is 153 Å². The van der Waals surface area contributed by atoms with E-state index in [4.69, 9.17) is 0 Å². The van der Waals surface area contributed by atoms with E-state index in [2.05, 4.69) is 15.5 Å². The van der Waals surface area contributed by atoms with Gasteiger partial charge in [0.15, 0.2) is 0 Å². The molecule has 1 aliphatic heterocycles. The Kier molecular flexibility index (Phi) is 6.96. The molecule has 1 aliphatic rings. The third-order valence-electron chi connectivity index (χ3n) is 5.21. The molecule has 0 aliphatic carbocycles. The molecule has 9 heteroatoms. The average Bonchev–Trinajstić information content (AvgIpc) is 3.00. The van der Waals surface area contributed by atoms with Crippen LogP contribution in [0.5, 0.6) is 0 Å². The molecule has 2 amide bonds. The number of carbonyl (C=O) groups excluding carboxylic acids is 2. The van der Waals surface area contributed by atoms with Gasteiger partial charge in [-0.05, 0) is 46.2 Å². The number of nitrogens with zero attached hydrogens (tertiary/aromatic N) is 4. The molecule has 1 fully saturated rings. The fourth-order valence-electron chi connectivity index (χ4n) is 3.50. The first-order chi connectivity index (χ1) is 12.3. The van der Waals surface area contributed by atoms with E-state index in [-0.39, 0.29) is 36.1 Å². The van der Waals surface area contributed by atoms with Gasteiger partial charge in [0.25, 0.3) is 0 Å². The van der Waals surface area contributed by atoms with E-state index >= 15 is 0 Å². The predicted molar refractivity (Wildman–Crippen MR) is 97.5 cm³/mol. The number of carbonyl (C=O) groups is 2. The van der Waals surface area contributed by atoms with Crippen LogP contribution in [-0.2, 0) is 16.1 Å². The zero-order valence-corrected chi connectivity index (χ0v) is 16.1. The number of aromatic nitrogens is 3. The van der Waals surface area contributed by atoms with E-state index in [9.17, 15) is 14.4 Å². The van der Waals surface area contributed by atoms with E-state index in [0.29, 0.717) is 19.0 Å². The quantitative estimate of drug-likeness (QED) is 0.687. The molecular formula is C17H30N6O3. The molecule has 2 atom stereocenters. The van der Waals surface area contributed by atoms with Crippen molar-refractivity contribution in [1.29, 1.82) is 0 Å². The fourth-order valence-corrected chi connectivity index (χ4v) is 3.50. The largest absolute Gasteiger partial charge is 0.352 e. The molecule has 2 rings (SSSR count). The second-order valence-corrected chi connectivity index (χ2v) is 7.19. The van der Waals surface area contributed by atoms with Crippen LogP contribution in [0, 0.1) is 5.92 Å². The van der Waals surface area contributed by atoms with Crippen molar-refractivity contribution < 1.29 is 9.59 Å². The number of amides is 2. The summed E-state index contributed by atoms with van der Waals surface area (Å²) in [5.41, 5.74) is -0.379. The molecule has 2 N–H and O–H groups in total. The van der Waals surface area contributed by atoms with Crippen molar-refractivity contribution in [2.45, 2.75) is 51.7 Å². The van der Waals surface area contributed by atoms with E-state index in [1.807, 2.05) is 32.8 Å². The maximum Gasteiger partial charge on any atom is 0.343 e. The van der Waals surface area contributed by atoms with Crippen molar-refractivity contribution in [2.75, 3.05) is 27.2 Å². The van der Waals surface area contributed by atoms with Gasteiger partial charge < -0.3 is 10.2 Å². The van der Waals surface area contributed by atoms with Gasteiger partial charge in [-0.3, -0.25) is 19.1 Å². The number of likely N-dealkylation sites (N-methyl/N-ethyl adjacent to an activating group) is 1. The van der Waals surface area contributed by atoms with Gasteiger partial charge in [-0.1, -0.05) is 6.92 Å². The summed E-state index contributed by atoms with van der Waals surface area (Å²) in [7, 11) is 3.82. The number of H-pyrrole nitrogens is 1. The summed E-state index contributed by atoms with van der Waals surface area (Å²) in [5.74, 6) is 0.324. The number of rotatable bonds is 7. The van der Waals surface area contributed by atoms with Crippen molar-refractivity contribution >= 4 is 11.8 Å². The van der Waals surface area contributed by atoms with Gasteiger partial charge in [0.2, 0.25) is 11.8 Å². The van der Waals surface area contributed by atoms with Crippen molar-refractivity contribution in [3.63, 3.8) is 0 Å². The lowest BCUT2D eigenvalue weighted by atomic mass is 9.90. The molecule has 0 unspecified atom stereocenters. The molecule has 26 heavy (non-hydrogen) atoms. The molecule has 0 radical (unpaired) electrons. The maximum absolute atomic E-state index is 12.4. The highest BCUT2D eigenvalue weighted by Crippen LogP contribution is 2.21. The summed E-state index contributed by atoms with van der Waals surface area (Å²) in [6.45, 7) is 5.33. The van der Waals surface area contributed by atoms with Crippen LogP contribution in [0.2, 0.25) is 0 Å². The highest BCUT2D eigenvalue weighted by atomic mass is 16.2. The van der Waals surface area contributed by atoms with Gasteiger partial charge in [0.05, 0.1) is 6.04 Å². The molecule has 1 aromatic heterocycles. The normalized spacial score (nSPS) is 18.0. The van der Waals surface area contributed by atoms with Gasteiger partial charge in [-0.15, -0.1) is 0 Å². The topological polar surface area (TPSA) is 103 Å². The van der Waals surface area contributed by atoms with Crippen LogP contribution in [0.15, 0.2) is 11.1 Å². The molecule has 146 valence electrons. The minimum absolute atomic E-state index is 0.00725. The standard InChI is InChI=1S/C17H30N6O3/c1-5-14(21(3)4)16(25)19-12(2)13-6-8-22(9-7-13)15(24)10-23-11-18-20-17(23)26/h11-14H,5-10H2,1-4H3,(H,19,25)(H,20,26)/t12-,14-/m1/s1. The van der Waals surface area contributed by atoms with E-state index in [0.717, 1.165) is 19.3 Å². The Balaban J connectivity index is 1.81. The third kappa shape index (κ3) is 4.94. The Morgan fingerprint density at radius 3 is 2.54 bits per heavy atom. The van der Waals surface area contributed by atoms with Crippen LogP contribution in [0.25, 0.3) is 0 Å². The second-order valence-electron chi connectivity index (χ2n) is 7.19. The van der Waals surface area contributed by atoms with Crippen molar-refractivity contribution in [2.24, 2.45) is 5.92 Å². The van der Waals surface area contributed by atoms with Gasteiger partial charge in [-0.25, -0.2) is 9.89 Å². The predicted octanol–water partition coefficient (Wildman–Crippen LogP) is -0.345. The molecule has 1 aromatic rings. The van der Waals surface area contributed by atoms with Gasteiger partial charge in [-0.2, -0.15) is 5.10 Å². The second kappa shape index (κ2) is 8.98. The molecule has 0 spiro atoms. The molecule has 9 nitrogen and oxygen atoms in total. The summed E-state index contributed by atoms with van der Waals surface area (Å²) in [4.78, 5) is 39.9. The summed E-state index contributed by atoms with van der Waals surface area (Å²) >= 11 is 0. The number of hydrogen-bond donors (Lipinski definition) is 2. The number of hydrogen-bond acceptors (Lipinski definition) is 5. The van der Waals surface area contributed by atoms with E-state index < -0.39 is 0 Å². The molecule has 0 bridgehead atoms. The number of piperidine rings is 1. The Morgan fingerprint density at radius 2 is 2.04 bits per heavy atom. The first-order valence-electron chi connectivity index (χ1n) is 9.17. The SMILES string of the molecule is CC[C@H](C(=O)N[C@H](C)C1CCN(C(=O)Cn2cn[nH]c2=O)CC1)N(C)C. The maximum atomic E-state index is 12.4. The van der Waals surface area contributed by atoms with Gasteiger partial charge in [0, 0.05) is 19.1 Å². The number of aromatic amines is 1. The van der Waals surface area contributed by atoms with Gasteiger partial charge >= 0.3 is 5.69 Å². The van der Waals surface area contributed by atoms with Crippen molar-refractivity contribution in [3.05, 3.63) is 16.8 Å². The fraction of sp³-hybridized carbons (Fsp3) is 0.765. The highest BCUT2D eigenvalue weighted by molar-refractivity contribution is 5.81. The molecular weight excluding hydrogens is 336 g/mol. The monoisotopic (exact) mass is 366 g/mol. The third-order valence-corrected chi connectivity index (χ3v) is 5.21. The minimum Gasteiger partial charge on any atom is -0.352 e. The lowest BCUT2D eigenvalue weighted by Crippen LogP contribution is -2.50. The number of likely N-dealkylation sites (tertiary alicyclic amines) is 1. The van der Waals surface area contributed by atoms with Crippen LogP contribution in [0.1, 0.15) is 33.1 Å². The van der Waals surface area contributed by atoms with Crippen molar-refractivity contribution in [3.8, 4) is 0 Å². The van der Waals surface area contributed by atoms with Crippen LogP contribution >= 0.6 is 0 Å². The molecule has 2 heterocycles. The van der Waals surface area contributed by atoms with Gasteiger partial charge in [0.1, 0.15) is 12.9 Å². The number of nitrogens with one attached hydrogen (secondary N) is 2. The van der Waals surface area contributed by atoms with Crippen LogP contribution in [0.4, 0.5) is 0 Å². The lowest BCUT2D eigenvalue weighted by molar-refractivity contribution is -0.134. The minimum atomic E-state index is -0.379. The average molecular weight is 366 g/mol. The molecule has 0 aromatic carbocycles. The summed E-state index contributed by atoms with van der Waals surface area (Å²) in [6.07, 6.45) is 3.78. The van der Waals surface area contributed by atoms with Crippen molar-refractivity contribution in [1.82, 2.24) is 29.9 Å². The molecule has 1 saturated heterocycles. The zero-order valence-electron chi connectivity index (χ0n) is 16.1. The van der Waals surface area contributed by atoms with Crippen LogP contribution in [0.3, 0.4) is 0 Å².